The molecule has 0 fully saturated rings. The van der Waals surface area contributed by atoms with Crippen molar-refractivity contribution in [2.24, 2.45) is 10.2 Å². The molecule has 35 heavy (non-hydrogen) atoms. The molecule has 0 atom stereocenters. The van der Waals surface area contributed by atoms with E-state index in [1.807, 2.05) is 0 Å². The van der Waals surface area contributed by atoms with Crippen molar-refractivity contribution < 1.29 is 44.0 Å². The molecule has 0 spiro atoms. The van der Waals surface area contributed by atoms with Crippen LogP contribution < -0.4 is 0 Å². The molecule has 13 nitrogen and oxygen atoms in total. The quantitative estimate of drug-likeness (QED) is 0.213. The number of azo groups is 1. The number of phenolic OH excluding ortho intramolecular Hbond substituents is 1. The zero-order valence-corrected chi connectivity index (χ0v) is 19.5. The second kappa shape index (κ2) is 8.29. The Morgan fingerprint density at radius 3 is 2.00 bits per heavy atom. The summed E-state index contributed by atoms with van der Waals surface area (Å²) in [5, 5.41) is 17.9. The van der Waals surface area contributed by atoms with E-state index in [4.69, 9.17) is 0 Å². The maximum atomic E-state index is 11.8. The molecule has 0 saturated carbocycles. The van der Waals surface area contributed by atoms with Gasteiger partial charge in [-0.2, -0.15) is 30.4 Å². The van der Waals surface area contributed by atoms with Crippen LogP contribution in [0.3, 0.4) is 0 Å². The molecule has 4 rings (SSSR count). The van der Waals surface area contributed by atoms with Crippen LogP contribution in [0.5, 0.6) is 5.75 Å². The second-order valence-electron chi connectivity index (χ2n) is 7.09. The number of rotatable bonds is 5. The minimum absolute atomic E-state index is 0.0137. The first-order valence-corrected chi connectivity index (χ1v) is 13.5. The van der Waals surface area contributed by atoms with Crippen molar-refractivity contribution in [2.75, 3.05) is 0 Å². The second-order valence-corrected chi connectivity index (χ2v) is 11.3. The number of nitrogens with zero attached hydrogens (tertiary/aromatic N) is 3. The van der Waals surface area contributed by atoms with Crippen molar-refractivity contribution in [1.82, 2.24) is 4.98 Å². The number of benzene rings is 3. The SMILES string of the molecule is O=S(=O)(O)c1cc(S(=O)(=O)O)c2ccc(N=Nc3cc(S(=O)(=O)O)c4cccnc4c3O)cc2c1. The standard InChI is InChI=1S/C19H13N3O10S3/c23-19-15(9-17(35(30,31)32)14-2-1-5-20-18(14)19)22-21-11-3-4-13-10(6-11)7-12(33(24,25)26)8-16(13)34(27,28)29/h1-9,23H,(H,24,25,26)(H,27,28,29)(H,30,31,32). The summed E-state index contributed by atoms with van der Waals surface area (Å²) >= 11 is 0. The maximum absolute atomic E-state index is 11.8. The summed E-state index contributed by atoms with van der Waals surface area (Å²) in [4.78, 5) is 1.73. The Labute approximate surface area is 197 Å². The third kappa shape index (κ3) is 4.83. The Hall–Kier alpha value is -3.54. The van der Waals surface area contributed by atoms with E-state index in [-0.39, 0.29) is 33.1 Å². The van der Waals surface area contributed by atoms with Crippen LogP contribution in [0.4, 0.5) is 11.4 Å². The van der Waals surface area contributed by atoms with Gasteiger partial charge in [-0.3, -0.25) is 18.6 Å². The van der Waals surface area contributed by atoms with E-state index in [0.717, 1.165) is 12.1 Å². The van der Waals surface area contributed by atoms with Gasteiger partial charge in [0.15, 0.2) is 5.75 Å². The van der Waals surface area contributed by atoms with Crippen molar-refractivity contribution >= 4 is 63.4 Å². The van der Waals surface area contributed by atoms with Crippen molar-refractivity contribution in [3.8, 4) is 5.75 Å². The van der Waals surface area contributed by atoms with Crippen molar-refractivity contribution in [2.45, 2.75) is 14.7 Å². The lowest BCUT2D eigenvalue weighted by Crippen LogP contribution is -2.04. The van der Waals surface area contributed by atoms with Crippen LogP contribution in [0.2, 0.25) is 0 Å². The minimum Gasteiger partial charge on any atom is -0.504 e. The highest BCUT2D eigenvalue weighted by Gasteiger charge is 2.22. The number of phenols is 1. The molecule has 4 aromatic rings. The van der Waals surface area contributed by atoms with Crippen LogP contribution in [0, 0.1) is 0 Å². The predicted molar refractivity (Wildman–Crippen MR) is 121 cm³/mol. The lowest BCUT2D eigenvalue weighted by molar-refractivity contribution is 0.477. The predicted octanol–water partition coefficient (Wildman–Crippen LogP) is 3.25. The molecule has 0 radical (unpaired) electrons. The Morgan fingerprint density at radius 1 is 0.714 bits per heavy atom. The van der Waals surface area contributed by atoms with Crippen LogP contribution in [0.15, 0.2) is 79.6 Å². The first kappa shape index (κ1) is 24.6. The van der Waals surface area contributed by atoms with Crippen molar-refractivity contribution in [1.29, 1.82) is 0 Å². The van der Waals surface area contributed by atoms with Crippen molar-refractivity contribution in [3.63, 3.8) is 0 Å². The molecule has 4 N–H and O–H groups in total. The Kier molecular flexibility index (Phi) is 5.82. The third-order valence-corrected chi connectivity index (χ3v) is 7.43. The first-order chi connectivity index (χ1) is 16.2. The number of aromatic nitrogens is 1. The van der Waals surface area contributed by atoms with Gasteiger partial charge in [0.05, 0.1) is 10.6 Å². The highest BCUT2D eigenvalue weighted by atomic mass is 32.2. The Bertz CT molecular complexity index is 1880. The number of hydrogen-bond acceptors (Lipinski definition) is 10. The van der Waals surface area contributed by atoms with Gasteiger partial charge in [-0.15, -0.1) is 5.11 Å². The highest BCUT2D eigenvalue weighted by Crippen LogP contribution is 2.39. The average molecular weight is 540 g/mol. The molecule has 0 unspecified atom stereocenters. The summed E-state index contributed by atoms with van der Waals surface area (Å²) < 4.78 is 98.4. The fraction of sp³-hybridized carbons (Fsp3) is 0. The molecule has 0 bridgehead atoms. The van der Waals surface area contributed by atoms with Crippen molar-refractivity contribution in [3.05, 3.63) is 54.7 Å². The number of hydrogen-bond donors (Lipinski definition) is 4. The maximum Gasteiger partial charge on any atom is 0.295 e. The largest absolute Gasteiger partial charge is 0.504 e. The smallest absolute Gasteiger partial charge is 0.295 e. The minimum atomic E-state index is -4.88. The van der Waals surface area contributed by atoms with Crippen LogP contribution in [-0.2, 0) is 30.4 Å². The van der Waals surface area contributed by atoms with E-state index in [1.165, 1.54) is 36.5 Å². The van der Waals surface area contributed by atoms with Crippen LogP contribution in [0.25, 0.3) is 21.7 Å². The number of aromatic hydroxyl groups is 1. The van der Waals surface area contributed by atoms with Gasteiger partial charge >= 0.3 is 0 Å². The lowest BCUT2D eigenvalue weighted by atomic mass is 10.1. The molecular weight excluding hydrogens is 526 g/mol. The molecule has 0 aliphatic rings. The Balaban J connectivity index is 1.90. The number of fused-ring (bicyclic) bond motifs is 2. The summed E-state index contributed by atoms with van der Waals surface area (Å²) in [5.41, 5.74) is -0.569. The van der Waals surface area contributed by atoms with Gasteiger partial charge in [-0.25, -0.2) is 0 Å². The molecule has 182 valence electrons. The zero-order chi connectivity index (χ0) is 25.8. The highest BCUT2D eigenvalue weighted by molar-refractivity contribution is 7.87. The fourth-order valence-electron chi connectivity index (χ4n) is 3.31. The molecule has 0 aliphatic heterocycles. The van der Waals surface area contributed by atoms with Crippen LogP contribution in [-0.4, -0.2) is 49.0 Å². The lowest BCUT2D eigenvalue weighted by Gasteiger charge is -2.08. The van der Waals surface area contributed by atoms with E-state index in [2.05, 4.69) is 15.2 Å². The number of pyridine rings is 1. The Morgan fingerprint density at radius 2 is 1.37 bits per heavy atom. The summed E-state index contributed by atoms with van der Waals surface area (Å²) in [7, 11) is -14.4. The monoisotopic (exact) mass is 539 g/mol. The van der Waals surface area contributed by atoms with E-state index in [9.17, 15) is 44.0 Å². The molecule has 1 aromatic heterocycles. The zero-order valence-electron chi connectivity index (χ0n) is 17.0. The van der Waals surface area contributed by atoms with Gasteiger partial charge in [0, 0.05) is 17.0 Å². The molecule has 3 aromatic carbocycles. The van der Waals surface area contributed by atoms with Crippen LogP contribution >= 0.6 is 0 Å². The van der Waals surface area contributed by atoms with Gasteiger partial charge in [0.25, 0.3) is 30.4 Å². The van der Waals surface area contributed by atoms with Gasteiger partial charge in [-0.1, -0.05) is 6.07 Å². The normalized spacial score (nSPS) is 13.1. The molecular formula is C19H13N3O10S3. The average Bonchev–Trinajstić information content (AvgIpc) is 2.75. The molecule has 1 heterocycles. The third-order valence-electron chi connectivity index (χ3n) is 4.81. The summed E-state index contributed by atoms with van der Waals surface area (Å²) in [6, 6.07) is 8.70. The van der Waals surface area contributed by atoms with Crippen LogP contribution in [0.1, 0.15) is 0 Å². The molecule has 16 heteroatoms. The fourth-order valence-corrected chi connectivity index (χ4v) is 5.37. The topological polar surface area (TPSA) is 221 Å². The van der Waals surface area contributed by atoms with E-state index in [1.54, 1.807) is 0 Å². The summed E-state index contributed by atoms with van der Waals surface area (Å²) in [5.74, 6) is -0.542. The summed E-state index contributed by atoms with van der Waals surface area (Å²) in [6.07, 6.45) is 1.28. The van der Waals surface area contributed by atoms with E-state index in [0.29, 0.717) is 6.07 Å². The van der Waals surface area contributed by atoms with E-state index < -0.39 is 50.8 Å². The molecule has 0 saturated heterocycles. The van der Waals surface area contributed by atoms with Gasteiger partial charge in [0.1, 0.15) is 21.0 Å². The van der Waals surface area contributed by atoms with E-state index >= 15 is 0 Å². The molecule has 0 aliphatic carbocycles. The first-order valence-electron chi connectivity index (χ1n) is 9.19. The van der Waals surface area contributed by atoms with Gasteiger partial charge in [-0.05, 0) is 47.9 Å². The van der Waals surface area contributed by atoms with Gasteiger partial charge in [0.2, 0.25) is 0 Å². The molecule has 0 amide bonds. The summed E-state index contributed by atoms with van der Waals surface area (Å²) in [6.45, 7) is 0. The van der Waals surface area contributed by atoms with Gasteiger partial charge < -0.3 is 5.11 Å².